The van der Waals surface area contributed by atoms with E-state index in [4.69, 9.17) is 15.2 Å². The van der Waals surface area contributed by atoms with E-state index < -0.39 is 18.0 Å². The molecule has 5 nitrogen and oxygen atoms in total. The predicted octanol–water partition coefficient (Wildman–Crippen LogP) is 6.39. The second kappa shape index (κ2) is 13.9. The highest BCUT2D eigenvalue weighted by molar-refractivity contribution is 5.75. The number of carbonyl (C=O) groups excluding carboxylic acids is 2. The highest BCUT2D eigenvalue weighted by atomic mass is 16.6. The molecule has 5 heteroatoms. The molecule has 3 rings (SSSR count). The van der Waals surface area contributed by atoms with Gasteiger partial charge < -0.3 is 15.2 Å². The van der Waals surface area contributed by atoms with E-state index in [2.05, 4.69) is 13.0 Å². The van der Waals surface area contributed by atoms with Gasteiger partial charge >= 0.3 is 5.97 Å². The van der Waals surface area contributed by atoms with E-state index in [1.807, 2.05) is 26.0 Å². The van der Waals surface area contributed by atoms with Gasteiger partial charge in [0, 0.05) is 0 Å². The minimum absolute atomic E-state index is 0.0492. The molecule has 1 aromatic rings. The van der Waals surface area contributed by atoms with Gasteiger partial charge in [-0.2, -0.15) is 0 Å². The highest BCUT2D eigenvalue weighted by Crippen LogP contribution is 2.48. The largest absolute Gasteiger partial charge is 0.482 e. The van der Waals surface area contributed by atoms with Crippen molar-refractivity contribution < 1.29 is 19.1 Å². The van der Waals surface area contributed by atoms with E-state index in [0.717, 1.165) is 36.3 Å². The minimum atomic E-state index is -0.490. The summed E-state index contributed by atoms with van der Waals surface area (Å²) in [5.74, 6) is 2.61. The van der Waals surface area contributed by atoms with E-state index in [1.54, 1.807) is 0 Å². The Morgan fingerprint density at radius 3 is 2.57 bits per heavy atom. The van der Waals surface area contributed by atoms with Crippen LogP contribution in [0.2, 0.25) is 0 Å². The molecule has 0 radical (unpaired) electrons. The molecule has 196 valence electrons. The number of carbonyl (C=O) groups is 2. The molecule has 2 aliphatic rings. The van der Waals surface area contributed by atoms with Crippen LogP contribution >= 0.6 is 0 Å². The first kappa shape index (κ1) is 27.5. The summed E-state index contributed by atoms with van der Waals surface area (Å²) in [5.41, 5.74) is 7.99. The molecule has 4 atom stereocenters. The van der Waals surface area contributed by atoms with Crippen molar-refractivity contribution in [2.24, 2.45) is 29.4 Å². The lowest BCUT2D eigenvalue weighted by molar-refractivity contribution is -0.153. The fourth-order valence-corrected chi connectivity index (χ4v) is 6.34. The zero-order chi connectivity index (χ0) is 25.2. The maximum atomic E-state index is 12.5. The molecule has 0 aromatic heterocycles. The summed E-state index contributed by atoms with van der Waals surface area (Å²) >= 11 is 0. The van der Waals surface area contributed by atoms with Gasteiger partial charge in [0.25, 0.3) is 0 Å². The zero-order valence-corrected chi connectivity index (χ0v) is 22.2. The summed E-state index contributed by atoms with van der Waals surface area (Å²) < 4.78 is 11.5. The Labute approximate surface area is 212 Å². The van der Waals surface area contributed by atoms with Gasteiger partial charge in [-0.1, -0.05) is 77.8 Å². The van der Waals surface area contributed by atoms with Crippen LogP contribution in [0.3, 0.4) is 0 Å². The number of nitrogens with two attached hydrogens (primary N) is 1. The summed E-state index contributed by atoms with van der Waals surface area (Å²) in [6.07, 6.45) is 14.6. The lowest BCUT2D eigenvalue weighted by Crippen LogP contribution is -2.29. The van der Waals surface area contributed by atoms with Gasteiger partial charge in [-0.25, -0.2) is 4.79 Å². The molecule has 1 saturated carbocycles. The van der Waals surface area contributed by atoms with Gasteiger partial charge in [0.05, 0.1) is 6.42 Å². The van der Waals surface area contributed by atoms with Crippen molar-refractivity contribution in [3.63, 3.8) is 0 Å². The van der Waals surface area contributed by atoms with Crippen molar-refractivity contribution in [2.45, 2.75) is 110 Å². The Bertz CT molecular complexity index is 821. The van der Waals surface area contributed by atoms with E-state index >= 15 is 0 Å². The molecule has 2 unspecified atom stereocenters. The average Bonchev–Trinajstić information content (AvgIpc) is 3.19. The number of amides is 1. The summed E-state index contributed by atoms with van der Waals surface area (Å²) in [7, 11) is 0. The lowest BCUT2D eigenvalue weighted by Gasteiger charge is -2.32. The number of primary amides is 1. The van der Waals surface area contributed by atoms with Crippen LogP contribution in [0, 0.1) is 23.7 Å². The number of hydrogen-bond donors (Lipinski definition) is 1. The number of benzene rings is 1. The third-order valence-corrected chi connectivity index (χ3v) is 8.01. The van der Waals surface area contributed by atoms with Crippen molar-refractivity contribution in [2.75, 3.05) is 6.61 Å². The molecule has 2 N–H and O–H groups in total. The first-order chi connectivity index (χ1) is 16.9. The molecule has 35 heavy (non-hydrogen) atoms. The molecular formula is C30H47NO4. The third-order valence-electron chi connectivity index (χ3n) is 8.01. The smallest absolute Gasteiger partial charge is 0.344 e. The van der Waals surface area contributed by atoms with E-state index in [9.17, 15) is 9.59 Å². The van der Waals surface area contributed by atoms with Gasteiger partial charge in [0.1, 0.15) is 11.9 Å². The zero-order valence-electron chi connectivity index (χ0n) is 22.2. The number of esters is 1. The van der Waals surface area contributed by atoms with Crippen LogP contribution in [0.5, 0.6) is 5.75 Å². The van der Waals surface area contributed by atoms with Crippen molar-refractivity contribution in [3.8, 4) is 5.75 Å². The normalized spacial score (nSPS) is 21.9. The maximum absolute atomic E-state index is 12.5. The number of rotatable bonds is 15. The molecule has 0 heterocycles. The minimum Gasteiger partial charge on any atom is -0.482 e. The van der Waals surface area contributed by atoms with Crippen LogP contribution in [0.4, 0.5) is 0 Å². The molecule has 0 aliphatic heterocycles. The molecule has 0 spiro atoms. The van der Waals surface area contributed by atoms with Crippen LogP contribution in [0.15, 0.2) is 18.2 Å². The summed E-state index contributed by atoms with van der Waals surface area (Å²) in [6.45, 7) is 6.20. The second-order valence-electron chi connectivity index (χ2n) is 11.3. The maximum Gasteiger partial charge on any atom is 0.344 e. The molecule has 0 saturated heterocycles. The Balaban J connectivity index is 1.52. The molecular weight excluding hydrogens is 438 g/mol. The highest BCUT2D eigenvalue weighted by Gasteiger charge is 2.39. The standard InChI is InChI=1S/C30H47NO4/c1-4-5-6-7-8-9-11-22-14-15-24-18-27-23(17-26(22)24)12-10-13-28(27)34-20-30(33)35-25(16-21(2)3)19-29(31)32/h10,12-13,21-22,24-26H,4-9,11,14-20H2,1-3H3,(H2,31,32)/t22-,24?,25?,26+/m0/s1. The van der Waals surface area contributed by atoms with Crippen LogP contribution in [-0.4, -0.2) is 24.6 Å². The topological polar surface area (TPSA) is 78.6 Å². The van der Waals surface area contributed by atoms with Crippen molar-refractivity contribution >= 4 is 11.9 Å². The Morgan fingerprint density at radius 2 is 1.83 bits per heavy atom. The third kappa shape index (κ3) is 8.54. The first-order valence-corrected chi connectivity index (χ1v) is 14.1. The molecule has 1 aromatic carbocycles. The second-order valence-corrected chi connectivity index (χ2v) is 11.3. The van der Waals surface area contributed by atoms with Crippen molar-refractivity contribution in [1.29, 1.82) is 0 Å². The van der Waals surface area contributed by atoms with Gasteiger partial charge in [-0.15, -0.1) is 0 Å². The summed E-state index contributed by atoms with van der Waals surface area (Å²) in [6, 6.07) is 6.26. The fraction of sp³-hybridized carbons (Fsp3) is 0.733. The summed E-state index contributed by atoms with van der Waals surface area (Å²) in [4.78, 5) is 23.8. The SMILES string of the molecule is CCCCCCCC[C@H]1CCC2Cc3c(cccc3OCC(=O)OC(CC(N)=O)CC(C)C)C[C@@H]21. The first-order valence-electron chi connectivity index (χ1n) is 14.1. The van der Waals surface area contributed by atoms with Gasteiger partial charge in [0.15, 0.2) is 6.61 Å². The predicted molar refractivity (Wildman–Crippen MR) is 140 cm³/mol. The van der Waals surface area contributed by atoms with Gasteiger partial charge in [-0.05, 0) is 73.0 Å². The summed E-state index contributed by atoms with van der Waals surface area (Å²) in [5, 5.41) is 0. The van der Waals surface area contributed by atoms with Gasteiger partial charge in [0.2, 0.25) is 5.91 Å². The molecule has 2 aliphatic carbocycles. The quantitative estimate of drug-likeness (QED) is 0.231. The Kier molecular flexibility index (Phi) is 10.9. The van der Waals surface area contributed by atoms with E-state index in [0.29, 0.717) is 12.3 Å². The number of ether oxygens (including phenoxy) is 2. The average molecular weight is 486 g/mol. The van der Waals surface area contributed by atoms with Crippen LogP contribution in [-0.2, 0) is 27.2 Å². The van der Waals surface area contributed by atoms with Crippen LogP contribution in [0.1, 0.15) is 103 Å². The Morgan fingerprint density at radius 1 is 1.06 bits per heavy atom. The van der Waals surface area contributed by atoms with Crippen molar-refractivity contribution in [3.05, 3.63) is 29.3 Å². The number of fused-ring (bicyclic) bond motifs is 2. The molecule has 1 amide bonds. The number of hydrogen-bond acceptors (Lipinski definition) is 4. The Hall–Kier alpha value is -2.04. The van der Waals surface area contributed by atoms with E-state index in [-0.39, 0.29) is 13.0 Å². The molecule has 0 bridgehead atoms. The fourth-order valence-electron chi connectivity index (χ4n) is 6.34. The monoisotopic (exact) mass is 485 g/mol. The van der Waals surface area contributed by atoms with Crippen molar-refractivity contribution in [1.82, 2.24) is 0 Å². The number of unbranched alkanes of at least 4 members (excludes halogenated alkanes) is 5. The van der Waals surface area contributed by atoms with Crippen LogP contribution in [0.25, 0.3) is 0 Å². The molecule has 1 fully saturated rings. The van der Waals surface area contributed by atoms with Crippen LogP contribution < -0.4 is 10.5 Å². The van der Waals surface area contributed by atoms with Gasteiger partial charge in [-0.3, -0.25) is 4.79 Å². The van der Waals surface area contributed by atoms with E-state index in [1.165, 1.54) is 68.9 Å². The lowest BCUT2D eigenvalue weighted by atomic mass is 9.73.